The van der Waals surface area contributed by atoms with Crippen molar-refractivity contribution in [3.05, 3.63) is 28.8 Å². The SMILES string of the molecule is COc1cc(C)cc(C)c1C1CN(C(C)C)C(=O)N1. The summed E-state index contributed by atoms with van der Waals surface area (Å²) in [5, 5.41) is 3.04. The zero-order valence-corrected chi connectivity index (χ0v) is 12.3. The highest BCUT2D eigenvalue weighted by Crippen LogP contribution is 2.33. The average molecular weight is 262 g/mol. The zero-order valence-electron chi connectivity index (χ0n) is 12.3. The van der Waals surface area contributed by atoms with E-state index in [4.69, 9.17) is 4.74 Å². The van der Waals surface area contributed by atoms with Gasteiger partial charge in [-0.2, -0.15) is 0 Å². The molecule has 1 aliphatic heterocycles. The predicted molar refractivity (Wildman–Crippen MR) is 75.6 cm³/mol. The Morgan fingerprint density at radius 1 is 1.37 bits per heavy atom. The number of nitrogens with zero attached hydrogens (tertiary/aromatic N) is 1. The second kappa shape index (κ2) is 5.11. The molecule has 0 spiro atoms. The second-order valence-electron chi connectivity index (χ2n) is 5.45. The molecule has 1 atom stereocenters. The van der Waals surface area contributed by atoms with Crippen molar-refractivity contribution in [1.29, 1.82) is 0 Å². The molecule has 4 nitrogen and oxygen atoms in total. The van der Waals surface area contributed by atoms with Gasteiger partial charge in [-0.05, 0) is 44.9 Å². The zero-order chi connectivity index (χ0) is 14.2. The highest BCUT2D eigenvalue weighted by Gasteiger charge is 2.33. The van der Waals surface area contributed by atoms with Gasteiger partial charge in [-0.25, -0.2) is 4.79 Å². The van der Waals surface area contributed by atoms with Crippen LogP contribution in [0.25, 0.3) is 0 Å². The normalized spacial score (nSPS) is 18.9. The summed E-state index contributed by atoms with van der Waals surface area (Å²) in [7, 11) is 1.68. The van der Waals surface area contributed by atoms with Gasteiger partial charge in [0, 0.05) is 18.2 Å². The minimum absolute atomic E-state index is 0.00188. The smallest absolute Gasteiger partial charge is 0.318 e. The highest BCUT2D eigenvalue weighted by molar-refractivity contribution is 5.78. The summed E-state index contributed by atoms with van der Waals surface area (Å²) in [6, 6.07) is 4.36. The molecule has 0 bridgehead atoms. The molecule has 4 heteroatoms. The molecule has 19 heavy (non-hydrogen) atoms. The van der Waals surface area contributed by atoms with Crippen LogP contribution in [0, 0.1) is 13.8 Å². The van der Waals surface area contributed by atoms with Gasteiger partial charge in [0.05, 0.1) is 13.2 Å². The van der Waals surface area contributed by atoms with Crippen molar-refractivity contribution < 1.29 is 9.53 Å². The summed E-state index contributed by atoms with van der Waals surface area (Å²) in [6.07, 6.45) is 0. The van der Waals surface area contributed by atoms with Crippen molar-refractivity contribution >= 4 is 6.03 Å². The van der Waals surface area contributed by atoms with Gasteiger partial charge in [0.2, 0.25) is 0 Å². The fourth-order valence-corrected chi connectivity index (χ4v) is 2.72. The molecule has 0 aromatic heterocycles. The van der Waals surface area contributed by atoms with Crippen LogP contribution in [-0.4, -0.2) is 30.6 Å². The Labute approximate surface area is 114 Å². The molecule has 1 fully saturated rings. The molecule has 2 rings (SSSR count). The number of methoxy groups -OCH3 is 1. The minimum Gasteiger partial charge on any atom is -0.496 e. The molecule has 0 aliphatic carbocycles. The van der Waals surface area contributed by atoms with Crippen LogP contribution in [0.2, 0.25) is 0 Å². The van der Waals surface area contributed by atoms with Crippen molar-refractivity contribution in [2.24, 2.45) is 0 Å². The van der Waals surface area contributed by atoms with Gasteiger partial charge in [0.1, 0.15) is 5.75 Å². The van der Waals surface area contributed by atoms with E-state index in [1.807, 2.05) is 31.7 Å². The van der Waals surface area contributed by atoms with E-state index in [0.29, 0.717) is 6.54 Å². The van der Waals surface area contributed by atoms with E-state index in [2.05, 4.69) is 18.3 Å². The highest BCUT2D eigenvalue weighted by atomic mass is 16.5. The maximum Gasteiger partial charge on any atom is 0.318 e. The first-order valence-electron chi connectivity index (χ1n) is 6.66. The molecule has 1 N–H and O–H groups in total. The number of hydrogen-bond donors (Lipinski definition) is 1. The average Bonchev–Trinajstić information content (AvgIpc) is 2.69. The lowest BCUT2D eigenvalue weighted by atomic mass is 9.98. The van der Waals surface area contributed by atoms with E-state index in [9.17, 15) is 4.79 Å². The number of benzene rings is 1. The van der Waals surface area contributed by atoms with Gasteiger partial charge in [0.25, 0.3) is 0 Å². The number of aryl methyl sites for hydroxylation is 2. The van der Waals surface area contributed by atoms with Crippen LogP contribution >= 0.6 is 0 Å². The number of carbonyl (C=O) groups excluding carboxylic acids is 1. The van der Waals surface area contributed by atoms with Crippen LogP contribution in [0.3, 0.4) is 0 Å². The number of hydrogen-bond acceptors (Lipinski definition) is 2. The standard InChI is InChI=1S/C15H22N2O2/c1-9(2)17-8-12(16-15(17)18)14-11(4)6-10(3)7-13(14)19-5/h6-7,9,12H,8H2,1-5H3,(H,16,18). The first-order valence-corrected chi connectivity index (χ1v) is 6.66. The van der Waals surface area contributed by atoms with Crippen molar-refractivity contribution in [2.45, 2.75) is 39.8 Å². The van der Waals surface area contributed by atoms with E-state index >= 15 is 0 Å². The third kappa shape index (κ3) is 2.53. The summed E-state index contributed by atoms with van der Waals surface area (Å²) < 4.78 is 5.48. The number of urea groups is 1. The monoisotopic (exact) mass is 262 g/mol. The Kier molecular flexibility index (Phi) is 3.69. The molecule has 1 aromatic carbocycles. The summed E-state index contributed by atoms with van der Waals surface area (Å²) in [5.41, 5.74) is 3.42. The molecule has 1 aromatic rings. The lowest BCUT2D eigenvalue weighted by Gasteiger charge is -2.20. The summed E-state index contributed by atoms with van der Waals surface area (Å²) >= 11 is 0. The van der Waals surface area contributed by atoms with Gasteiger partial charge in [-0.15, -0.1) is 0 Å². The lowest BCUT2D eigenvalue weighted by Crippen LogP contribution is -2.33. The van der Waals surface area contributed by atoms with E-state index in [1.165, 1.54) is 5.56 Å². The fourth-order valence-electron chi connectivity index (χ4n) is 2.72. The number of carbonyl (C=O) groups is 1. The van der Waals surface area contributed by atoms with E-state index in [1.54, 1.807) is 7.11 Å². The molecule has 0 radical (unpaired) electrons. The van der Waals surface area contributed by atoms with Crippen molar-refractivity contribution in [2.75, 3.05) is 13.7 Å². The molecule has 104 valence electrons. The number of ether oxygens (including phenoxy) is 1. The quantitative estimate of drug-likeness (QED) is 0.910. The molecule has 1 saturated heterocycles. The summed E-state index contributed by atoms with van der Waals surface area (Å²) in [5.74, 6) is 0.855. The van der Waals surface area contributed by atoms with Crippen LogP contribution in [0.1, 0.15) is 36.6 Å². The van der Waals surface area contributed by atoms with Crippen LogP contribution in [0.15, 0.2) is 12.1 Å². The second-order valence-corrected chi connectivity index (χ2v) is 5.45. The Morgan fingerprint density at radius 3 is 2.58 bits per heavy atom. The van der Waals surface area contributed by atoms with E-state index < -0.39 is 0 Å². The third-order valence-corrected chi connectivity index (χ3v) is 3.62. The minimum atomic E-state index is 0.00188. The molecular weight excluding hydrogens is 240 g/mol. The van der Waals surface area contributed by atoms with Gasteiger partial charge in [0.15, 0.2) is 0 Å². The maximum absolute atomic E-state index is 12.0. The third-order valence-electron chi connectivity index (χ3n) is 3.62. The maximum atomic E-state index is 12.0. The van der Waals surface area contributed by atoms with Crippen LogP contribution in [-0.2, 0) is 0 Å². The summed E-state index contributed by atoms with van der Waals surface area (Å²) in [6.45, 7) is 8.86. The first kappa shape index (κ1) is 13.7. The molecule has 1 unspecified atom stereocenters. The Hall–Kier alpha value is -1.71. The molecule has 1 heterocycles. The van der Waals surface area contributed by atoms with Crippen LogP contribution < -0.4 is 10.1 Å². The largest absolute Gasteiger partial charge is 0.496 e. The first-order chi connectivity index (χ1) is 8.93. The lowest BCUT2D eigenvalue weighted by molar-refractivity contribution is 0.206. The predicted octanol–water partition coefficient (Wildman–Crippen LogP) is 2.79. The van der Waals surface area contributed by atoms with Gasteiger partial charge in [-0.3, -0.25) is 0 Å². The molecule has 2 amide bonds. The summed E-state index contributed by atoms with van der Waals surface area (Å²) in [4.78, 5) is 13.8. The molecule has 1 aliphatic rings. The fraction of sp³-hybridized carbons (Fsp3) is 0.533. The van der Waals surface area contributed by atoms with Crippen molar-refractivity contribution in [3.8, 4) is 5.75 Å². The Morgan fingerprint density at radius 2 is 2.05 bits per heavy atom. The number of nitrogens with one attached hydrogen (secondary N) is 1. The van der Waals surface area contributed by atoms with Crippen molar-refractivity contribution in [3.63, 3.8) is 0 Å². The topological polar surface area (TPSA) is 41.6 Å². The molecular formula is C15H22N2O2. The van der Waals surface area contributed by atoms with E-state index in [-0.39, 0.29) is 18.1 Å². The van der Waals surface area contributed by atoms with E-state index in [0.717, 1.165) is 16.9 Å². The molecule has 0 saturated carbocycles. The van der Waals surface area contributed by atoms with Crippen molar-refractivity contribution in [1.82, 2.24) is 10.2 Å². The van der Waals surface area contributed by atoms with Gasteiger partial charge < -0.3 is 15.0 Å². The number of amides is 2. The number of rotatable bonds is 3. The van der Waals surface area contributed by atoms with Gasteiger partial charge >= 0.3 is 6.03 Å². The van der Waals surface area contributed by atoms with Crippen LogP contribution in [0.5, 0.6) is 5.75 Å². The van der Waals surface area contributed by atoms with Crippen LogP contribution in [0.4, 0.5) is 4.79 Å². The van der Waals surface area contributed by atoms with Gasteiger partial charge in [-0.1, -0.05) is 6.07 Å². The Balaban J connectivity index is 2.36. The Bertz CT molecular complexity index is 497.